The summed E-state index contributed by atoms with van der Waals surface area (Å²) in [5.41, 5.74) is 2.33. The van der Waals surface area contributed by atoms with E-state index in [1.807, 2.05) is 11.5 Å². The molecule has 1 saturated heterocycles. The number of fused-ring (bicyclic) bond motifs is 1. The largest absolute Gasteiger partial charge is 0.473 e. The summed E-state index contributed by atoms with van der Waals surface area (Å²) in [5.74, 6) is 2.07. The molecule has 3 aromatic rings. The number of nitrogens with zero attached hydrogens (tertiary/aromatic N) is 6. The first-order valence-corrected chi connectivity index (χ1v) is 8.64. The van der Waals surface area contributed by atoms with Crippen molar-refractivity contribution in [3.63, 3.8) is 0 Å². The molecule has 4 heterocycles. The lowest BCUT2D eigenvalue weighted by molar-refractivity contribution is 0.158. The SMILES string of the molecule is CCn1c(-c2cnc(C)nc2)nc2c(OC3CCNCC3)ncnc21. The first kappa shape index (κ1) is 15.9. The molecule has 0 aliphatic carbocycles. The standard InChI is InChI=1S/C17H21N7O/c1-3-24-15(12-8-19-11(2)20-9-12)23-14-16(24)21-10-22-17(14)25-13-4-6-18-7-5-13/h8-10,13,18H,3-7H2,1-2H3. The molecule has 4 rings (SSSR count). The van der Waals surface area contributed by atoms with Gasteiger partial charge in [0.1, 0.15) is 24.1 Å². The van der Waals surface area contributed by atoms with E-state index in [0.29, 0.717) is 11.4 Å². The second-order valence-electron chi connectivity index (χ2n) is 6.12. The van der Waals surface area contributed by atoms with Gasteiger partial charge in [0.15, 0.2) is 11.2 Å². The fourth-order valence-corrected chi connectivity index (χ4v) is 3.10. The van der Waals surface area contributed by atoms with Crippen molar-refractivity contribution in [3.8, 4) is 17.3 Å². The van der Waals surface area contributed by atoms with Crippen LogP contribution in [0.4, 0.5) is 0 Å². The van der Waals surface area contributed by atoms with Crippen LogP contribution in [-0.2, 0) is 6.54 Å². The van der Waals surface area contributed by atoms with E-state index in [2.05, 4.69) is 32.2 Å². The Morgan fingerprint density at radius 3 is 2.64 bits per heavy atom. The number of imidazole rings is 1. The Bertz CT molecular complexity index is 869. The molecule has 1 aliphatic rings. The van der Waals surface area contributed by atoms with Crippen LogP contribution in [0, 0.1) is 6.92 Å². The normalized spacial score (nSPS) is 15.6. The first-order chi connectivity index (χ1) is 12.3. The smallest absolute Gasteiger partial charge is 0.245 e. The third kappa shape index (κ3) is 3.05. The van der Waals surface area contributed by atoms with Crippen LogP contribution in [0.25, 0.3) is 22.6 Å². The van der Waals surface area contributed by atoms with Crippen molar-refractivity contribution in [3.05, 3.63) is 24.5 Å². The topological polar surface area (TPSA) is 90.6 Å². The molecule has 1 aliphatic heterocycles. The highest BCUT2D eigenvalue weighted by molar-refractivity contribution is 5.81. The zero-order valence-corrected chi connectivity index (χ0v) is 14.4. The summed E-state index contributed by atoms with van der Waals surface area (Å²) in [7, 11) is 0. The molecule has 8 nitrogen and oxygen atoms in total. The van der Waals surface area contributed by atoms with Gasteiger partial charge in [0, 0.05) is 18.9 Å². The highest BCUT2D eigenvalue weighted by Gasteiger charge is 2.21. The summed E-state index contributed by atoms with van der Waals surface area (Å²) in [4.78, 5) is 22.1. The number of nitrogens with one attached hydrogen (secondary N) is 1. The van der Waals surface area contributed by atoms with Crippen LogP contribution in [0.1, 0.15) is 25.6 Å². The zero-order valence-electron chi connectivity index (χ0n) is 14.4. The second-order valence-corrected chi connectivity index (χ2v) is 6.12. The van der Waals surface area contributed by atoms with Gasteiger partial charge in [-0.2, -0.15) is 4.98 Å². The monoisotopic (exact) mass is 339 g/mol. The molecule has 0 radical (unpaired) electrons. The Balaban J connectivity index is 1.77. The number of hydrogen-bond acceptors (Lipinski definition) is 7. The Kier molecular flexibility index (Phi) is 4.27. The van der Waals surface area contributed by atoms with Gasteiger partial charge >= 0.3 is 0 Å². The van der Waals surface area contributed by atoms with E-state index in [9.17, 15) is 0 Å². The third-order valence-corrected chi connectivity index (χ3v) is 4.42. The van der Waals surface area contributed by atoms with Crippen LogP contribution < -0.4 is 10.1 Å². The molecule has 0 spiro atoms. The summed E-state index contributed by atoms with van der Waals surface area (Å²) < 4.78 is 8.18. The second kappa shape index (κ2) is 6.72. The summed E-state index contributed by atoms with van der Waals surface area (Å²) in [6.07, 6.45) is 7.23. The molecule has 1 fully saturated rings. The number of piperidine rings is 1. The van der Waals surface area contributed by atoms with Gasteiger partial charge in [-0.25, -0.2) is 19.9 Å². The molecular formula is C17H21N7O. The number of aromatic nitrogens is 6. The van der Waals surface area contributed by atoms with Crippen molar-refractivity contribution < 1.29 is 4.74 Å². The zero-order chi connectivity index (χ0) is 17.2. The minimum Gasteiger partial charge on any atom is -0.473 e. The molecule has 0 saturated carbocycles. The van der Waals surface area contributed by atoms with Crippen molar-refractivity contribution in [2.24, 2.45) is 0 Å². The molecule has 0 atom stereocenters. The number of ether oxygens (including phenoxy) is 1. The quantitative estimate of drug-likeness (QED) is 0.774. The highest BCUT2D eigenvalue weighted by Crippen LogP contribution is 2.28. The molecular weight excluding hydrogens is 318 g/mol. The average Bonchev–Trinajstić information content (AvgIpc) is 3.03. The predicted molar refractivity (Wildman–Crippen MR) is 93.3 cm³/mol. The molecule has 0 amide bonds. The molecule has 1 N–H and O–H groups in total. The Morgan fingerprint density at radius 2 is 1.92 bits per heavy atom. The maximum absolute atomic E-state index is 6.14. The molecule has 130 valence electrons. The lowest BCUT2D eigenvalue weighted by atomic mass is 10.1. The predicted octanol–water partition coefficient (Wildman–Crippen LogP) is 1.74. The van der Waals surface area contributed by atoms with E-state index in [0.717, 1.165) is 55.3 Å². The van der Waals surface area contributed by atoms with Crippen molar-refractivity contribution in [2.75, 3.05) is 13.1 Å². The van der Waals surface area contributed by atoms with Crippen LogP contribution in [0.15, 0.2) is 18.7 Å². The first-order valence-electron chi connectivity index (χ1n) is 8.64. The van der Waals surface area contributed by atoms with Gasteiger partial charge in [-0.05, 0) is 39.8 Å². The van der Waals surface area contributed by atoms with Gasteiger partial charge in [-0.1, -0.05) is 0 Å². The molecule has 25 heavy (non-hydrogen) atoms. The molecule has 8 heteroatoms. The maximum atomic E-state index is 6.14. The number of aryl methyl sites for hydroxylation is 2. The van der Waals surface area contributed by atoms with Gasteiger partial charge in [0.05, 0.1) is 5.56 Å². The molecule has 0 aromatic carbocycles. The van der Waals surface area contributed by atoms with E-state index >= 15 is 0 Å². The average molecular weight is 339 g/mol. The molecule has 0 unspecified atom stereocenters. The van der Waals surface area contributed by atoms with Gasteiger partial charge in [-0.3, -0.25) is 0 Å². The Hall–Kier alpha value is -2.61. The highest BCUT2D eigenvalue weighted by atomic mass is 16.5. The number of hydrogen-bond donors (Lipinski definition) is 1. The van der Waals surface area contributed by atoms with E-state index in [-0.39, 0.29) is 6.10 Å². The minimum absolute atomic E-state index is 0.164. The summed E-state index contributed by atoms with van der Waals surface area (Å²) in [6, 6.07) is 0. The third-order valence-electron chi connectivity index (χ3n) is 4.42. The fraction of sp³-hybridized carbons (Fsp3) is 0.471. The molecule has 3 aromatic heterocycles. The summed E-state index contributed by atoms with van der Waals surface area (Å²) in [6.45, 7) is 6.60. The Morgan fingerprint density at radius 1 is 1.16 bits per heavy atom. The van der Waals surface area contributed by atoms with Crippen LogP contribution in [0.2, 0.25) is 0 Å². The van der Waals surface area contributed by atoms with E-state index in [4.69, 9.17) is 9.72 Å². The van der Waals surface area contributed by atoms with Gasteiger partial charge in [0.2, 0.25) is 5.88 Å². The van der Waals surface area contributed by atoms with Gasteiger partial charge < -0.3 is 14.6 Å². The van der Waals surface area contributed by atoms with Gasteiger partial charge in [0.25, 0.3) is 0 Å². The lowest BCUT2D eigenvalue weighted by Crippen LogP contribution is -2.34. The Labute approximate surface area is 145 Å². The van der Waals surface area contributed by atoms with Gasteiger partial charge in [-0.15, -0.1) is 0 Å². The summed E-state index contributed by atoms with van der Waals surface area (Å²) in [5, 5.41) is 3.34. The van der Waals surface area contributed by atoms with Crippen molar-refractivity contribution in [1.29, 1.82) is 0 Å². The number of rotatable bonds is 4. The van der Waals surface area contributed by atoms with Crippen LogP contribution in [0.3, 0.4) is 0 Å². The van der Waals surface area contributed by atoms with E-state index in [1.165, 1.54) is 0 Å². The minimum atomic E-state index is 0.164. The maximum Gasteiger partial charge on any atom is 0.245 e. The van der Waals surface area contributed by atoms with Crippen LogP contribution in [-0.4, -0.2) is 48.7 Å². The fourth-order valence-electron chi connectivity index (χ4n) is 3.10. The molecule has 0 bridgehead atoms. The summed E-state index contributed by atoms with van der Waals surface area (Å²) >= 11 is 0. The van der Waals surface area contributed by atoms with E-state index < -0.39 is 0 Å². The van der Waals surface area contributed by atoms with Crippen LogP contribution >= 0.6 is 0 Å². The van der Waals surface area contributed by atoms with Crippen molar-refractivity contribution >= 4 is 11.2 Å². The van der Waals surface area contributed by atoms with Crippen molar-refractivity contribution in [1.82, 2.24) is 34.8 Å². The van der Waals surface area contributed by atoms with Crippen LogP contribution in [0.5, 0.6) is 5.88 Å². The lowest BCUT2D eigenvalue weighted by Gasteiger charge is -2.23. The van der Waals surface area contributed by atoms with E-state index in [1.54, 1.807) is 18.7 Å². The van der Waals surface area contributed by atoms with Crippen molar-refractivity contribution in [2.45, 2.75) is 39.3 Å².